The van der Waals surface area contributed by atoms with E-state index in [2.05, 4.69) is 17.2 Å². The van der Waals surface area contributed by atoms with E-state index in [9.17, 15) is 0 Å². The Bertz CT molecular complexity index is 228. The highest BCUT2D eigenvalue weighted by Crippen LogP contribution is 2.18. The highest BCUT2D eigenvalue weighted by atomic mass is 14.6. The number of aromatic nitrogens is 1. The highest BCUT2D eigenvalue weighted by molar-refractivity contribution is 5.23. The van der Waals surface area contributed by atoms with Crippen LogP contribution in [0.5, 0.6) is 0 Å². The van der Waals surface area contributed by atoms with Gasteiger partial charge in [0.15, 0.2) is 0 Å². The number of hydrogen-bond donors (Lipinski definition) is 0. The van der Waals surface area contributed by atoms with Crippen molar-refractivity contribution in [1.82, 2.24) is 4.98 Å². The molecular formula is C11H14N. The average Bonchev–Trinajstić information content (AvgIpc) is 2.06. The highest BCUT2D eigenvalue weighted by Gasteiger charge is 2.05. The summed E-state index contributed by atoms with van der Waals surface area (Å²) in [4.78, 5) is 4.05. The second kappa shape index (κ2) is 3.70. The Morgan fingerprint density at radius 3 is 2.58 bits per heavy atom. The number of rotatable bonds is 0. The molecule has 2 rings (SSSR count). The zero-order valence-corrected chi connectivity index (χ0v) is 7.34. The summed E-state index contributed by atoms with van der Waals surface area (Å²) < 4.78 is 0. The van der Waals surface area contributed by atoms with E-state index in [1.54, 1.807) is 0 Å². The molecule has 0 unspecified atom stereocenters. The molecule has 1 heteroatoms. The second-order valence-electron chi connectivity index (χ2n) is 3.50. The summed E-state index contributed by atoms with van der Waals surface area (Å²) in [7, 11) is 0. The van der Waals surface area contributed by atoms with Gasteiger partial charge in [-0.3, -0.25) is 4.98 Å². The maximum absolute atomic E-state index is 4.05. The Balaban J connectivity index is 2.24. The lowest BCUT2D eigenvalue weighted by atomic mass is 9.95. The fraction of sp³-hybridized carbons (Fsp3) is 0.545. The van der Waals surface area contributed by atoms with Crippen LogP contribution >= 0.6 is 0 Å². The van der Waals surface area contributed by atoms with E-state index in [1.165, 1.54) is 49.7 Å². The van der Waals surface area contributed by atoms with Gasteiger partial charge in [0.1, 0.15) is 0 Å². The van der Waals surface area contributed by atoms with Gasteiger partial charge >= 0.3 is 0 Å². The molecule has 0 fully saturated rings. The zero-order chi connectivity index (χ0) is 8.23. The number of aryl methyl sites for hydroxylation is 2. The molecule has 0 N–H and O–H groups in total. The molecule has 1 aromatic rings. The molecule has 1 aromatic heterocycles. The maximum atomic E-state index is 4.05. The summed E-state index contributed by atoms with van der Waals surface area (Å²) in [6, 6.07) is 2.06. The normalized spacial score (nSPS) is 17.7. The van der Waals surface area contributed by atoms with Gasteiger partial charge in [0.05, 0.1) is 6.20 Å². The molecule has 0 bridgehead atoms. The first kappa shape index (κ1) is 7.78. The number of nitrogens with zero attached hydrogens (tertiary/aromatic N) is 1. The van der Waals surface area contributed by atoms with Gasteiger partial charge in [-0.15, -0.1) is 0 Å². The maximum Gasteiger partial charge on any atom is 0.0889 e. The predicted octanol–water partition coefficient (Wildman–Crippen LogP) is 2.54. The second-order valence-corrected chi connectivity index (χ2v) is 3.50. The van der Waals surface area contributed by atoms with Gasteiger partial charge in [-0.05, 0) is 42.9 Å². The van der Waals surface area contributed by atoms with Crippen LogP contribution in [-0.4, -0.2) is 4.98 Å². The number of fused-ring (bicyclic) bond motifs is 1. The Hall–Kier alpha value is -0.850. The Kier molecular flexibility index (Phi) is 2.40. The van der Waals surface area contributed by atoms with Crippen molar-refractivity contribution in [3.05, 3.63) is 29.6 Å². The number of hydrogen-bond acceptors (Lipinski definition) is 1. The number of pyridine rings is 1. The molecule has 0 saturated heterocycles. The van der Waals surface area contributed by atoms with Gasteiger partial charge in [0.2, 0.25) is 0 Å². The lowest BCUT2D eigenvalue weighted by Gasteiger charge is -2.11. The van der Waals surface area contributed by atoms with Crippen LogP contribution in [-0.2, 0) is 12.8 Å². The lowest BCUT2D eigenvalue weighted by Crippen LogP contribution is -1.99. The van der Waals surface area contributed by atoms with Crippen molar-refractivity contribution in [1.29, 1.82) is 0 Å². The minimum absolute atomic E-state index is 1.22. The summed E-state index contributed by atoms with van der Waals surface area (Å²) in [5.74, 6) is 0. The van der Waals surface area contributed by atoms with Crippen molar-refractivity contribution < 1.29 is 0 Å². The fourth-order valence-electron chi connectivity index (χ4n) is 1.85. The molecule has 0 aliphatic heterocycles. The van der Waals surface area contributed by atoms with Crippen LogP contribution in [0.1, 0.15) is 36.8 Å². The molecule has 0 atom stereocenters. The van der Waals surface area contributed by atoms with Crippen LogP contribution in [0.4, 0.5) is 0 Å². The SMILES string of the molecule is [c]1cc2c(cn1)CCCCCC2. The van der Waals surface area contributed by atoms with Crippen molar-refractivity contribution in [2.45, 2.75) is 38.5 Å². The van der Waals surface area contributed by atoms with Crippen molar-refractivity contribution >= 4 is 0 Å². The van der Waals surface area contributed by atoms with E-state index in [-0.39, 0.29) is 0 Å². The molecule has 1 radical (unpaired) electrons. The van der Waals surface area contributed by atoms with Gasteiger partial charge in [0.25, 0.3) is 0 Å². The van der Waals surface area contributed by atoms with Crippen molar-refractivity contribution in [3.8, 4) is 0 Å². The lowest BCUT2D eigenvalue weighted by molar-refractivity contribution is 0.615. The van der Waals surface area contributed by atoms with Crippen molar-refractivity contribution in [3.63, 3.8) is 0 Å². The molecule has 0 saturated carbocycles. The third-order valence-corrected chi connectivity index (χ3v) is 2.59. The molecule has 63 valence electrons. The van der Waals surface area contributed by atoms with Crippen molar-refractivity contribution in [2.75, 3.05) is 0 Å². The Morgan fingerprint density at radius 1 is 1.00 bits per heavy atom. The Morgan fingerprint density at radius 2 is 1.75 bits per heavy atom. The van der Waals surface area contributed by atoms with E-state index >= 15 is 0 Å². The summed E-state index contributed by atoms with van der Waals surface area (Å²) >= 11 is 0. The van der Waals surface area contributed by atoms with Crippen LogP contribution in [0.15, 0.2) is 12.3 Å². The summed E-state index contributed by atoms with van der Waals surface area (Å²) in [6.07, 6.45) is 12.8. The van der Waals surface area contributed by atoms with E-state index < -0.39 is 0 Å². The summed E-state index contributed by atoms with van der Waals surface area (Å²) in [6.45, 7) is 0. The van der Waals surface area contributed by atoms with E-state index in [0.29, 0.717) is 0 Å². The smallest absolute Gasteiger partial charge is 0.0889 e. The van der Waals surface area contributed by atoms with Crippen molar-refractivity contribution in [2.24, 2.45) is 0 Å². The first-order valence-electron chi connectivity index (χ1n) is 4.80. The molecule has 12 heavy (non-hydrogen) atoms. The third-order valence-electron chi connectivity index (χ3n) is 2.59. The van der Waals surface area contributed by atoms with Crippen LogP contribution in [0.3, 0.4) is 0 Å². The van der Waals surface area contributed by atoms with Crippen LogP contribution < -0.4 is 0 Å². The molecule has 0 spiro atoms. The minimum atomic E-state index is 1.22. The third kappa shape index (κ3) is 1.66. The molecule has 1 nitrogen and oxygen atoms in total. The molecule has 1 heterocycles. The van der Waals surface area contributed by atoms with E-state index in [1.807, 2.05) is 6.20 Å². The fourth-order valence-corrected chi connectivity index (χ4v) is 1.85. The predicted molar refractivity (Wildman–Crippen MR) is 48.9 cm³/mol. The summed E-state index contributed by atoms with van der Waals surface area (Å²) in [5.41, 5.74) is 2.93. The largest absolute Gasteiger partial charge is 0.254 e. The molecular weight excluding hydrogens is 146 g/mol. The van der Waals surface area contributed by atoms with Crippen LogP contribution in [0.25, 0.3) is 0 Å². The van der Waals surface area contributed by atoms with Crippen LogP contribution in [0.2, 0.25) is 0 Å². The molecule has 1 aliphatic rings. The van der Waals surface area contributed by atoms with E-state index in [0.717, 1.165) is 0 Å². The first-order chi connectivity index (χ1) is 5.97. The van der Waals surface area contributed by atoms with Crippen LogP contribution in [0, 0.1) is 6.20 Å². The molecule has 1 aliphatic carbocycles. The quantitative estimate of drug-likeness (QED) is 0.568. The van der Waals surface area contributed by atoms with E-state index in [4.69, 9.17) is 0 Å². The van der Waals surface area contributed by atoms with Gasteiger partial charge in [0, 0.05) is 6.20 Å². The monoisotopic (exact) mass is 160 g/mol. The molecule has 0 amide bonds. The Labute approximate surface area is 73.8 Å². The average molecular weight is 160 g/mol. The molecule has 0 aromatic carbocycles. The minimum Gasteiger partial charge on any atom is -0.254 e. The topological polar surface area (TPSA) is 12.9 Å². The first-order valence-corrected chi connectivity index (χ1v) is 4.80. The summed E-state index contributed by atoms with van der Waals surface area (Å²) in [5, 5.41) is 0. The van der Waals surface area contributed by atoms with Gasteiger partial charge < -0.3 is 0 Å². The standard InChI is InChI=1S/C11H14N/c1-2-4-6-11-9-12-8-7-10(11)5-3-1/h7,9H,1-6H2. The van der Waals surface area contributed by atoms with Gasteiger partial charge in [-0.2, -0.15) is 0 Å². The van der Waals surface area contributed by atoms with Gasteiger partial charge in [-0.1, -0.05) is 12.8 Å². The zero-order valence-electron chi connectivity index (χ0n) is 7.34. The van der Waals surface area contributed by atoms with Gasteiger partial charge in [-0.25, -0.2) is 0 Å².